The van der Waals surface area contributed by atoms with E-state index in [1.54, 1.807) is 23.7 Å². The Morgan fingerprint density at radius 3 is 2.54 bits per heavy atom. The summed E-state index contributed by atoms with van der Waals surface area (Å²) in [4.78, 5) is 18.2. The van der Waals surface area contributed by atoms with Crippen LogP contribution >= 0.6 is 11.3 Å². The van der Waals surface area contributed by atoms with Crippen LogP contribution in [0.2, 0.25) is 0 Å². The molecule has 0 bridgehead atoms. The number of benzene rings is 2. The largest absolute Gasteiger partial charge is 0.339 e. The Morgan fingerprint density at radius 1 is 0.857 bits per heavy atom. The Hall–Kier alpha value is -3.38. The molecule has 0 radical (unpaired) electrons. The highest BCUT2D eigenvalue weighted by Crippen LogP contribution is 2.32. The van der Waals surface area contributed by atoms with Crippen LogP contribution in [0, 0.1) is 13.8 Å². The lowest BCUT2D eigenvalue weighted by Crippen LogP contribution is -2.00. The summed E-state index contributed by atoms with van der Waals surface area (Å²) in [5.41, 5.74) is 5.04. The molecule has 3 aromatic heterocycles. The number of aromatic nitrogens is 4. The number of anilines is 2. The fraction of sp³-hybridized carbons (Fsp3) is 0.0909. The monoisotopic (exact) mass is 383 g/mol. The number of rotatable bonds is 3. The fourth-order valence-corrected chi connectivity index (χ4v) is 4.11. The number of pyridine rings is 1. The molecule has 1 N–H and O–H groups in total. The maximum Gasteiger partial charge on any atom is 0.162 e. The van der Waals surface area contributed by atoms with Gasteiger partial charge in [0.2, 0.25) is 0 Å². The van der Waals surface area contributed by atoms with Crippen molar-refractivity contribution in [2.45, 2.75) is 13.8 Å². The molecule has 0 fully saturated rings. The van der Waals surface area contributed by atoms with Crippen molar-refractivity contribution < 1.29 is 0 Å². The molecule has 0 atom stereocenters. The number of nitrogens with one attached hydrogen (secondary N) is 1. The summed E-state index contributed by atoms with van der Waals surface area (Å²) in [7, 11) is 0. The third kappa shape index (κ3) is 2.97. The fourth-order valence-electron chi connectivity index (χ4n) is 3.26. The number of hydrogen-bond donors (Lipinski definition) is 1. The molecule has 0 amide bonds. The van der Waals surface area contributed by atoms with E-state index in [2.05, 4.69) is 34.3 Å². The SMILES string of the molecule is Cc1nc2cc(C)c(Nc3nc(-c4ccncc4)nc4ccccc34)cc2s1. The molecule has 0 unspecified atom stereocenters. The molecule has 2 aromatic carbocycles. The maximum absolute atomic E-state index is 4.83. The summed E-state index contributed by atoms with van der Waals surface area (Å²) in [5.74, 6) is 1.47. The minimum absolute atomic E-state index is 0.677. The van der Waals surface area contributed by atoms with Crippen molar-refractivity contribution in [1.29, 1.82) is 0 Å². The summed E-state index contributed by atoms with van der Waals surface area (Å²) in [5, 5.41) is 5.59. The second kappa shape index (κ2) is 6.65. The number of nitrogens with zero attached hydrogens (tertiary/aromatic N) is 4. The quantitative estimate of drug-likeness (QED) is 0.435. The lowest BCUT2D eigenvalue weighted by atomic mass is 10.1. The van der Waals surface area contributed by atoms with Gasteiger partial charge in [0.1, 0.15) is 5.82 Å². The zero-order valence-electron chi connectivity index (χ0n) is 15.5. The van der Waals surface area contributed by atoms with E-state index in [0.29, 0.717) is 5.82 Å². The standard InChI is InChI=1S/C22H17N5S/c1-13-11-19-20(28-14(2)24-19)12-18(13)26-22-16-5-3-4-6-17(16)25-21(27-22)15-7-9-23-10-8-15/h3-12H,1-2H3,(H,25,26,27). The van der Waals surface area contributed by atoms with Gasteiger partial charge >= 0.3 is 0 Å². The van der Waals surface area contributed by atoms with Crippen LogP contribution in [0.5, 0.6) is 0 Å². The highest BCUT2D eigenvalue weighted by molar-refractivity contribution is 7.18. The van der Waals surface area contributed by atoms with Crippen molar-refractivity contribution in [3.63, 3.8) is 0 Å². The molecule has 0 saturated carbocycles. The van der Waals surface area contributed by atoms with Crippen molar-refractivity contribution in [3.8, 4) is 11.4 Å². The second-order valence-electron chi connectivity index (χ2n) is 6.64. The molecule has 0 aliphatic heterocycles. The molecule has 5 rings (SSSR count). The lowest BCUT2D eigenvalue weighted by Gasteiger charge is -2.13. The van der Waals surface area contributed by atoms with Gasteiger partial charge in [-0.15, -0.1) is 11.3 Å². The zero-order chi connectivity index (χ0) is 19.1. The Kier molecular flexibility index (Phi) is 3.98. The van der Waals surface area contributed by atoms with Crippen molar-refractivity contribution in [2.75, 3.05) is 5.32 Å². The first kappa shape index (κ1) is 16.8. The first-order valence-electron chi connectivity index (χ1n) is 8.99. The summed E-state index contributed by atoms with van der Waals surface area (Å²) < 4.78 is 1.17. The summed E-state index contributed by atoms with van der Waals surface area (Å²) in [6.45, 7) is 4.12. The molecule has 0 aliphatic rings. The van der Waals surface area contributed by atoms with Crippen molar-refractivity contribution in [3.05, 3.63) is 71.5 Å². The minimum Gasteiger partial charge on any atom is -0.339 e. The molecule has 5 aromatic rings. The van der Waals surface area contributed by atoms with Gasteiger partial charge in [-0.05, 0) is 55.8 Å². The van der Waals surface area contributed by atoms with Crippen LogP contribution in [0.3, 0.4) is 0 Å². The summed E-state index contributed by atoms with van der Waals surface area (Å²) >= 11 is 1.70. The number of thiazole rings is 1. The Morgan fingerprint density at radius 2 is 1.68 bits per heavy atom. The molecule has 0 spiro atoms. The molecule has 136 valence electrons. The van der Waals surface area contributed by atoms with Gasteiger partial charge in [-0.25, -0.2) is 15.0 Å². The summed E-state index contributed by atoms with van der Waals surface area (Å²) in [6.07, 6.45) is 3.51. The van der Waals surface area contributed by atoms with Crippen LogP contribution in [0.15, 0.2) is 60.9 Å². The van der Waals surface area contributed by atoms with Gasteiger partial charge in [-0.1, -0.05) is 12.1 Å². The number of aryl methyl sites for hydroxylation is 2. The van der Waals surface area contributed by atoms with Gasteiger partial charge in [0.15, 0.2) is 5.82 Å². The topological polar surface area (TPSA) is 63.6 Å². The minimum atomic E-state index is 0.677. The van der Waals surface area contributed by atoms with Gasteiger partial charge in [0.25, 0.3) is 0 Å². The average molecular weight is 383 g/mol. The highest BCUT2D eigenvalue weighted by atomic mass is 32.1. The molecule has 6 heteroatoms. The van der Waals surface area contributed by atoms with E-state index in [4.69, 9.17) is 9.97 Å². The molecule has 28 heavy (non-hydrogen) atoms. The van der Waals surface area contributed by atoms with E-state index in [1.165, 1.54) is 4.70 Å². The zero-order valence-corrected chi connectivity index (χ0v) is 16.3. The average Bonchev–Trinajstić information content (AvgIpc) is 3.07. The lowest BCUT2D eigenvalue weighted by molar-refractivity contribution is 1.21. The highest BCUT2D eigenvalue weighted by Gasteiger charge is 2.12. The Bertz CT molecular complexity index is 1310. The van der Waals surface area contributed by atoms with E-state index in [1.807, 2.05) is 43.3 Å². The first-order valence-corrected chi connectivity index (χ1v) is 9.81. The third-order valence-electron chi connectivity index (χ3n) is 4.64. The van der Waals surface area contributed by atoms with E-state index in [9.17, 15) is 0 Å². The van der Waals surface area contributed by atoms with Gasteiger partial charge in [-0.2, -0.15) is 0 Å². The molecule has 3 heterocycles. The Labute approximate surface area is 166 Å². The molecule has 0 aliphatic carbocycles. The van der Waals surface area contributed by atoms with Gasteiger partial charge < -0.3 is 5.32 Å². The van der Waals surface area contributed by atoms with Gasteiger partial charge in [-0.3, -0.25) is 4.98 Å². The van der Waals surface area contributed by atoms with Crippen LogP contribution in [-0.4, -0.2) is 19.9 Å². The normalized spacial score (nSPS) is 11.2. The van der Waals surface area contributed by atoms with Gasteiger partial charge in [0.05, 0.1) is 20.7 Å². The van der Waals surface area contributed by atoms with E-state index in [0.717, 1.165) is 44.1 Å². The van der Waals surface area contributed by atoms with Gasteiger partial charge in [0, 0.05) is 29.0 Å². The third-order valence-corrected chi connectivity index (χ3v) is 5.57. The van der Waals surface area contributed by atoms with E-state index < -0.39 is 0 Å². The number of para-hydroxylation sites is 1. The first-order chi connectivity index (χ1) is 13.7. The summed E-state index contributed by atoms with van der Waals surface area (Å²) in [6, 6.07) is 16.2. The molecule has 5 nitrogen and oxygen atoms in total. The van der Waals surface area contributed by atoms with Crippen LogP contribution in [0.4, 0.5) is 11.5 Å². The van der Waals surface area contributed by atoms with E-state index in [-0.39, 0.29) is 0 Å². The maximum atomic E-state index is 4.83. The van der Waals surface area contributed by atoms with Crippen LogP contribution in [-0.2, 0) is 0 Å². The molecular formula is C22H17N5S. The number of hydrogen-bond acceptors (Lipinski definition) is 6. The van der Waals surface area contributed by atoms with Crippen molar-refractivity contribution >= 4 is 44.0 Å². The van der Waals surface area contributed by atoms with E-state index >= 15 is 0 Å². The van der Waals surface area contributed by atoms with Crippen LogP contribution < -0.4 is 5.32 Å². The predicted octanol–water partition coefficient (Wildman–Crippen LogP) is 5.66. The van der Waals surface area contributed by atoms with Crippen LogP contribution in [0.1, 0.15) is 10.6 Å². The molecular weight excluding hydrogens is 366 g/mol. The number of fused-ring (bicyclic) bond motifs is 2. The van der Waals surface area contributed by atoms with Crippen molar-refractivity contribution in [2.24, 2.45) is 0 Å². The smallest absolute Gasteiger partial charge is 0.162 e. The molecule has 0 saturated heterocycles. The van der Waals surface area contributed by atoms with Crippen molar-refractivity contribution in [1.82, 2.24) is 19.9 Å². The second-order valence-corrected chi connectivity index (χ2v) is 7.88. The Balaban J connectivity index is 1.67. The van der Waals surface area contributed by atoms with Crippen LogP contribution in [0.25, 0.3) is 32.5 Å². The predicted molar refractivity (Wildman–Crippen MR) is 115 cm³/mol.